The van der Waals surface area contributed by atoms with Crippen molar-refractivity contribution in [2.75, 3.05) is 0 Å². The molecule has 0 bridgehead atoms. The summed E-state index contributed by atoms with van der Waals surface area (Å²) < 4.78 is 4.08. The number of aryl methyl sites for hydroxylation is 3. The van der Waals surface area contributed by atoms with Gasteiger partial charge >= 0.3 is 5.69 Å². The topological polar surface area (TPSA) is 89.8 Å². The average Bonchev–Trinajstić information content (AvgIpc) is 3.00. The van der Waals surface area contributed by atoms with E-state index in [1.807, 2.05) is 49.6 Å². The number of carbonyl (C=O) groups excluding carboxylic acids is 1. The molecule has 7 nitrogen and oxygen atoms in total. The summed E-state index contributed by atoms with van der Waals surface area (Å²) in [4.78, 5) is 38.0. The maximum absolute atomic E-state index is 13.0. The summed E-state index contributed by atoms with van der Waals surface area (Å²) in [5.41, 5.74) is 2.59. The molecular weight excluding hydrogens is 368 g/mol. The zero-order chi connectivity index (χ0) is 21.3. The van der Waals surface area contributed by atoms with Gasteiger partial charge in [0.25, 0.3) is 5.56 Å². The highest BCUT2D eigenvalue weighted by atomic mass is 16.2. The van der Waals surface area contributed by atoms with Gasteiger partial charge in [0.2, 0.25) is 0 Å². The van der Waals surface area contributed by atoms with Crippen LogP contribution in [0.25, 0.3) is 5.69 Å². The summed E-state index contributed by atoms with van der Waals surface area (Å²) in [5.74, 6) is -0.352. The smallest absolute Gasteiger partial charge is 0.317 e. The fourth-order valence-corrected chi connectivity index (χ4v) is 3.56. The minimum Gasteiger partial charge on any atom is -0.317 e. The van der Waals surface area contributed by atoms with Crippen LogP contribution in [0.4, 0.5) is 0 Å². The van der Waals surface area contributed by atoms with Crippen molar-refractivity contribution in [3.63, 3.8) is 0 Å². The molecule has 0 radical (unpaired) electrons. The van der Waals surface area contributed by atoms with Crippen LogP contribution in [0.2, 0.25) is 0 Å². The van der Waals surface area contributed by atoms with Gasteiger partial charge in [-0.05, 0) is 45.4 Å². The first kappa shape index (κ1) is 20.1. The predicted molar refractivity (Wildman–Crippen MR) is 110 cm³/mol. The standard InChI is InChI=1S/C22H22N4O3/c1-5-24-12-17(11-23)21(28)25(22(24)29)13-20(27)18-10-15(3)26(16(18)4)19-9-7-6-8-14(19)2/h6-10,12H,5,13H2,1-4H3. The number of hydrogen-bond donors (Lipinski definition) is 0. The summed E-state index contributed by atoms with van der Waals surface area (Å²) in [5, 5.41) is 9.17. The van der Waals surface area contributed by atoms with Gasteiger partial charge in [0.05, 0.1) is 6.54 Å². The molecule has 2 aromatic heterocycles. The van der Waals surface area contributed by atoms with Gasteiger partial charge in [0.1, 0.15) is 11.6 Å². The van der Waals surface area contributed by atoms with Gasteiger partial charge in [-0.3, -0.25) is 18.7 Å². The lowest BCUT2D eigenvalue weighted by atomic mass is 10.1. The van der Waals surface area contributed by atoms with Crippen molar-refractivity contribution in [1.29, 1.82) is 5.26 Å². The van der Waals surface area contributed by atoms with E-state index in [4.69, 9.17) is 0 Å². The molecule has 0 N–H and O–H groups in total. The summed E-state index contributed by atoms with van der Waals surface area (Å²) >= 11 is 0. The van der Waals surface area contributed by atoms with Crippen LogP contribution in [0, 0.1) is 32.1 Å². The molecule has 29 heavy (non-hydrogen) atoms. The van der Waals surface area contributed by atoms with E-state index in [0.717, 1.165) is 27.2 Å². The molecule has 2 heterocycles. The van der Waals surface area contributed by atoms with E-state index in [-0.39, 0.29) is 11.3 Å². The van der Waals surface area contributed by atoms with Crippen LogP contribution < -0.4 is 11.2 Å². The number of ketones is 1. The van der Waals surface area contributed by atoms with Gasteiger partial charge in [-0.2, -0.15) is 5.26 Å². The Morgan fingerprint density at radius 2 is 1.83 bits per heavy atom. The van der Waals surface area contributed by atoms with Crippen molar-refractivity contribution in [2.24, 2.45) is 0 Å². The van der Waals surface area contributed by atoms with Crippen LogP contribution in [-0.4, -0.2) is 19.5 Å². The first-order valence-electron chi connectivity index (χ1n) is 9.32. The number of benzene rings is 1. The van der Waals surface area contributed by atoms with Crippen LogP contribution >= 0.6 is 0 Å². The van der Waals surface area contributed by atoms with Crippen molar-refractivity contribution in [3.8, 4) is 11.8 Å². The highest BCUT2D eigenvalue weighted by Gasteiger charge is 2.20. The largest absolute Gasteiger partial charge is 0.331 e. The van der Waals surface area contributed by atoms with Crippen LogP contribution in [0.1, 0.15) is 39.8 Å². The molecule has 0 saturated heterocycles. The van der Waals surface area contributed by atoms with Crippen LogP contribution in [0.5, 0.6) is 0 Å². The maximum Gasteiger partial charge on any atom is 0.331 e. The van der Waals surface area contributed by atoms with Crippen molar-refractivity contribution < 1.29 is 4.79 Å². The zero-order valence-electron chi connectivity index (χ0n) is 16.9. The van der Waals surface area contributed by atoms with Gasteiger partial charge in [0.15, 0.2) is 5.78 Å². The number of Topliss-reactive ketones (excluding diaryl/α,β-unsaturated/α-hetero) is 1. The summed E-state index contributed by atoms with van der Waals surface area (Å²) in [6.07, 6.45) is 1.23. The van der Waals surface area contributed by atoms with E-state index in [9.17, 15) is 19.6 Å². The number of rotatable bonds is 5. The molecule has 0 aliphatic heterocycles. The Balaban J connectivity index is 2.08. The summed E-state index contributed by atoms with van der Waals surface area (Å²) in [7, 11) is 0. The van der Waals surface area contributed by atoms with Gasteiger partial charge in [-0.25, -0.2) is 4.79 Å². The number of aromatic nitrogens is 3. The van der Waals surface area contributed by atoms with Crippen molar-refractivity contribution >= 4 is 5.78 Å². The van der Waals surface area contributed by atoms with E-state index in [1.165, 1.54) is 10.8 Å². The molecule has 3 aromatic rings. The third kappa shape index (κ3) is 3.45. The monoisotopic (exact) mass is 390 g/mol. The lowest BCUT2D eigenvalue weighted by molar-refractivity contribution is 0.0968. The molecule has 3 rings (SSSR count). The van der Waals surface area contributed by atoms with Gasteiger partial charge < -0.3 is 4.57 Å². The molecule has 0 fully saturated rings. The highest BCUT2D eigenvalue weighted by molar-refractivity contribution is 5.97. The van der Waals surface area contributed by atoms with E-state index in [0.29, 0.717) is 12.1 Å². The predicted octanol–water partition coefficient (Wildman–Crippen LogP) is 2.50. The van der Waals surface area contributed by atoms with Crippen LogP contribution in [0.15, 0.2) is 46.1 Å². The summed E-state index contributed by atoms with van der Waals surface area (Å²) in [6.45, 7) is 7.36. The van der Waals surface area contributed by atoms with E-state index in [2.05, 4.69) is 0 Å². The third-order valence-corrected chi connectivity index (χ3v) is 5.09. The van der Waals surface area contributed by atoms with Crippen LogP contribution in [0.3, 0.4) is 0 Å². The van der Waals surface area contributed by atoms with Gasteiger partial charge in [-0.1, -0.05) is 18.2 Å². The molecule has 0 amide bonds. The Hall–Kier alpha value is -3.66. The minimum absolute atomic E-state index is 0.162. The van der Waals surface area contributed by atoms with Gasteiger partial charge in [-0.15, -0.1) is 0 Å². The second-order valence-corrected chi connectivity index (χ2v) is 6.94. The number of nitriles is 1. The minimum atomic E-state index is -0.747. The Morgan fingerprint density at radius 1 is 1.14 bits per heavy atom. The maximum atomic E-state index is 13.0. The van der Waals surface area contributed by atoms with Crippen molar-refractivity contribution in [3.05, 3.63) is 85.4 Å². The first-order chi connectivity index (χ1) is 13.8. The molecule has 148 valence electrons. The molecule has 0 atom stereocenters. The average molecular weight is 390 g/mol. The molecule has 7 heteroatoms. The zero-order valence-corrected chi connectivity index (χ0v) is 16.9. The number of hydrogen-bond acceptors (Lipinski definition) is 4. The Bertz CT molecular complexity index is 1270. The van der Waals surface area contributed by atoms with E-state index in [1.54, 1.807) is 19.1 Å². The SMILES string of the molecule is CCn1cc(C#N)c(=O)n(CC(=O)c2cc(C)n(-c3ccccc3C)c2C)c1=O. The molecule has 0 unspecified atom stereocenters. The van der Waals surface area contributed by atoms with E-state index < -0.39 is 17.8 Å². The molecule has 0 spiro atoms. The highest BCUT2D eigenvalue weighted by Crippen LogP contribution is 2.23. The molecule has 0 saturated carbocycles. The quantitative estimate of drug-likeness (QED) is 0.626. The molecular formula is C22H22N4O3. The third-order valence-electron chi connectivity index (χ3n) is 5.09. The molecule has 0 aliphatic carbocycles. The Labute approximate surface area is 168 Å². The van der Waals surface area contributed by atoms with Crippen molar-refractivity contribution in [2.45, 2.75) is 40.8 Å². The Morgan fingerprint density at radius 3 is 2.45 bits per heavy atom. The molecule has 1 aromatic carbocycles. The normalized spacial score (nSPS) is 10.7. The fourth-order valence-electron chi connectivity index (χ4n) is 3.56. The molecule has 0 aliphatic rings. The fraction of sp³-hybridized carbons (Fsp3) is 0.273. The van der Waals surface area contributed by atoms with Crippen molar-refractivity contribution in [1.82, 2.24) is 13.7 Å². The second kappa shape index (κ2) is 7.76. The lowest BCUT2D eigenvalue weighted by Gasteiger charge is -2.13. The second-order valence-electron chi connectivity index (χ2n) is 6.94. The Kier molecular flexibility index (Phi) is 5.37. The number of nitrogens with zero attached hydrogens (tertiary/aromatic N) is 4. The van der Waals surface area contributed by atoms with Gasteiger partial charge in [0, 0.05) is 35.4 Å². The number of para-hydroxylation sites is 1. The first-order valence-corrected chi connectivity index (χ1v) is 9.32. The lowest BCUT2D eigenvalue weighted by Crippen LogP contribution is -2.42. The number of carbonyl (C=O) groups is 1. The summed E-state index contributed by atoms with van der Waals surface area (Å²) in [6, 6.07) is 11.4. The van der Waals surface area contributed by atoms with Crippen LogP contribution in [-0.2, 0) is 13.1 Å². The van der Waals surface area contributed by atoms with E-state index >= 15 is 0 Å².